The van der Waals surface area contributed by atoms with Gasteiger partial charge in [-0.25, -0.2) is 9.78 Å². The van der Waals surface area contributed by atoms with Crippen LogP contribution >= 0.6 is 11.3 Å². The zero-order chi connectivity index (χ0) is 16.4. The molecule has 0 unspecified atom stereocenters. The molecule has 0 spiro atoms. The molecule has 8 heteroatoms. The van der Waals surface area contributed by atoms with Crippen molar-refractivity contribution >= 4 is 23.2 Å². The molecular formula is C15H16N4O3S. The highest BCUT2D eigenvalue weighted by molar-refractivity contribution is 7.12. The Morgan fingerprint density at radius 2 is 2.22 bits per heavy atom. The third-order valence-electron chi connectivity index (χ3n) is 3.82. The third-order valence-corrected chi connectivity index (χ3v) is 4.89. The molecule has 0 N–H and O–H groups in total. The summed E-state index contributed by atoms with van der Waals surface area (Å²) >= 11 is 1.44. The SMILES string of the molecule is COC(=O)c1nc([C@H]2CCCN2C(=O)c2ccnnc2)sc1C. The number of aryl methyl sites for hydroxylation is 1. The molecule has 120 valence electrons. The fourth-order valence-electron chi connectivity index (χ4n) is 2.70. The van der Waals surface area contributed by atoms with Crippen LogP contribution < -0.4 is 0 Å². The first-order chi connectivity index (χ1) is 11.1. The molecule has 1 fully saturated rings. The second-order valence-corrected chi connectivity index (χ2v) is 6.47. The highest BCUT2D eigenvalue weighted by Gasteiger charge is 2.33. The van der Waals surface area contributed by atoms with Gasteiger partial charge in [0, 0.05) is 11.4 Å². The van der Waals surface area contributed by atoms with E-state index in [0.717, 1.165) is 22.7 Å². The zero-order valence-electron chi connectivity index (χ0n) is 12.9. The zero-order valence-corrected chi connectivity index (χ0v) is 13.7. The number of amides is 1. The van der Waals surface area contributed by atoms with Gasteiger partial charge in [-0.3, -0.25) is 4.79 Å². The van der Waals surface area contributed by atoms with Crippen LogP contribution in [0.15, 0.2) is 18.5 Å². The van der Waals surface area contributed by atoms with Crippen LogP contribution in [0.2, 0.25) is 0 Å². The van der Waals surface area contributed by atoms with Crippen LogP contribution in [-0.2, 0) is 4.74 Å². The Morgan fingerprint density at radius 1 is 1.39 bits per heavy atom. The summed E-state index contributed by atoms with van der Waals surface area (Å²) in [5.74, 6) is -0.533. The first kappa shape index (κ1) is 15.5. The topological polar surface area (TPSA) is 85.3 Å². The molecule has 1 aliphatic rings. The van der Waals surface area contributed by atoms with Gasteiger partial charge in [-0.1, -0.05) is 0 Å². The van der Waals surface area contributed by atoms with Crippen LogP contribution in [-0.4, -0.2) is 45.6 Å². The summed E-state index contributed by atoms with van der Waals surface area (Å²) in [6, 6.07) is 1.54. The van der Waals surface area contributed by atoms with Crippen LogP contribution in [0.1, 0.15) is 49.6 Å². The molecule has 3 heterocycles. The summed E-state index contributed by atoms with van der Waals surface area (Å²) < 4.78 is 4.75. The summed E-state index contributed by atoms with van der Waals surface area (Å²) in [5, 5.41) is 8.22. The standard InChI is InChI=1S/C15H16N4O3S/c1-9-12(15(21)22-2)18-13(23-9)11-4-3-7-19(11)14(20)10-5-6-16-17-8-10/h5-6,8,11H,3-4,7H2,1-2H3/t11-/m1/s1. The van der Waals surface area contributed by atoms with Crippen LogP contribution in [0.4, 0.5) is 0 Å². The van der Waals surface area contributed by atoms with Crippen LogP contribution in [0.25, 0.3) is 0 Å². The number of carbonyl (C=O) groups excluding carboxylic acids is 2. The van der Waals surface area contributed by atoms with Crippen molar-refractivity contribution in [3.63, 3.8) is 0 Å². The molecule has 23 heavy (non-hydrogen) atoms. The number of carbonyl (C=O) groups is 2. The van der Waals surface area contributed by atoms with Gasteiger partial charge in [0.25, 0.3) is 5.91 Å². The van der Waals surface area contributed by atoms with Crippen molar-refractivity contribution < 1.29 is 14.3 Å². The Balaban J connectivity index is 1.88. The molecule has 7 nitrogen and oxygen atoms in total. The minimum absolute atomic E-state index is 0.0881. The van der Waals surface area contributed by atoms with Crippen molar-refractivity contribution in [2.24, 2.45) is 0 Å². The number of methoxy groups -OCH3 is 1. The molecule has 0 saturated carbocycles. The number of aromatic nitrogens is 3. The number of thiazole rings is 1. The average Bonchev–Trinajstić information content (AvgIpc) is 3.20. The van der Waals surface area contributed by atoms with Gasteiger partial charge >= 0.3 is 5.97 Å². The lowest BCUT2D eigenvalue weighted by Gasteiger charge is -2.22. The number of ether oxygens (including phenoxy) is 1. The molecular weight excluding hydrogens is 316 g/mol. The van der Waals surface area contributed by atoms with E-state index in [9.17, 15) is 9.59 Å². The van der Waals surface area contributed by atoms with Gasteiger partial charge in [-0.05, 0) is 25.8 Å². The molecule has 1 aliphatic heterocycles. The number of rotatable bonds is 3. The Hall–Kier alpha value is -2.35. The maximum absolute atomic E-state index is 12.7. The molecule has 1 atom stereocenters. The molecule has 0 bridgehead atoms. The maximum atomic E-state index is 12.7. The fraction of sp³-hybridized carbons (Fsp3) is 0.400. The van der Waals surface area contributed by atoms with Crippen molar-refractivity contribution in [2.45, 2.75) is 25.8 Å². The van der Waals surface area contributed by atoms with Crippen LogP contribution in [0, 0.1) is 6.92 Å². The largest absolute Gasteiger partial charge is 0.464 e. The number of hydrogen-bond donors (Lipinski definition) is 0. The lowest BCUT2D eigenvalue weighted by atomic mass is 10.2. The van der Waals surface area contributed by atoms with E-state index < -0.39 is 5.97 Å². The lowest BCUT2D eigenvalue weighted by molar-refractivity contribution is 0.0593. The first-order valence-corrected chi connectivity index (χ1v) is 8.06. The van der Waals surface area contributed by atoms with Crippen molar-refractivity contribution in [2.75, 3.05) is 13.7 Å². The van der Waals surface area contributed by atoms with E-state index in [2.05, 4.69) is 15.2 Å². The van der Waals surface area contributed by atoms with E-state index in [0.29, 0.717) is 17.8 Å². The molecule has 0 aromatic carbocycles. The summed E-state index contributed by atoms with van der Waals surface area (Å²) in [5.41, 5.74) is 0.839. The van der Waals surface area contributed by atoms with Gasteiger partial charge in [0.05, 0.1) is 31.1 Å². The number of nitrogens with zero attached hydrogens (tertiary/aromatic N) is 4. The number of esters is 1. The second-order valence-electron chi connectivity index (χ2n) is 5.24. The minimum atomic E-state index is -0.445. The average molecular weight is 332 g/mol. The van der Waals surface area contributed by atoms with E-state index >= 15 is 0 Å². The van der Waals surface area contributed by atoms with Crippen molar-refractivity contribution in [1.29, 1.82) is 0 Å². The first-order valence-electron chi connectivity index (χ1n) is 7.25. The van der Waals surface area contributed by atoms with Crippen molar-refractivity contribution in [3.8, 4) is 0 Å². The predicted molar refractivity (Wildman–Crippen MR) is 83.2 cm³/mol. The summed E-state index contributed by atoms with van der Waals surface area (Å²) in [6.45, 7) is 2.50. The quantitative estimate of drug-likeness (QED) is 0.799. The molecule has 0 aliphatic carbocycles. The maximum Gasteiger partial charge on any atom is 0.357 e. The molecule has 1 saturated heterocycles. The monoisotopic (exact) mass is 332 g/mol. The highest BCUT2D eigenvalue weighted by Crippen LogP contribution is 2.36. The van der Waals surface area contributed by atoms with Crippen LogP contribution in [0.3, 0.4) is 0 Å². The van der Waals surface area contributed by atoms with Gasteiger partial charge in [-0.2, -0.15) is 10.2 Å². The minimum Gasteiger partial charge on any atom is -0.464 e. The molecule has 1 amide bonds. The van der Waals surface area contributed by atoms with Gasteiger partial charge < -0.3 is 9.64 Å². The normalized spacial score (nSPS) is 17.3. The lowest BCUT2D eigenvalue weighted by Crippen LogP contribution is -2.30. The van der Waals surface area contributed by atoms with Gasteiger partial charge in [-0.15, -0.1) is 11.3 Å². The fourth-order valence-corrected chi connectivity index (χ4v) is 3.75. The Bertz CT molecular complexity index is 732. The van der Waals surface area contributed by atoms with E-state index in [1.807, 2.05) is 6.92 Å². The summed E-state index contributed by atoms with van der Waals surface area (Å²) in [7, 11) is 1.34. The second kappa shape index (κ2) is 6.41. The van der Waals surface area contributed by atoms with Crippen molar-refractivity contribution in [3.05, 3.63) is 39.6 Å². The Labute approximate surface area is 137 Å². The molecule has 2 aromatic heterocycles. The third kappa shape index (κ3) is 2.94. The van der Waals surface area contributed by atoms with Gasteiger partial charge in [0.2, 0.25) is 0 Å². The van der Waals surface area contributed by atoms with E-state index in [1.165, 1.54) is 30.8 Å². The smallest absolute Gasteiger partial charge is 0.357 e. The van der Waals surface area contributed by atoms with Gasteiger partial charge in [0.15, 0.2) is 5.69 Å². The summed E-state index contributed by atoms with van der Waals surface area (Å²) in [4.78, 5) is 31.4. The van der Waals surface area contributed by atoms with Gasteiger partial charge in [0.1, 0.15) is 5.01 Å². The summed E-state index contributed by atoms with van der Waals surface area (Å²) in [6.07, 6.45) is 4.70. The number of likely N-dealkylation sites (tertiary alicyclic amines) is 1. The highest BCUT2D eigenvalue weighted by atomic mass is 32.1. The van der Waals surface area contributed by atoms with Crippen LogP contribution in [0.5, 0.6) is 0 Å². The van der Waals surface area contributed by atoms with E-state index in [4.69, 9.17) is 4.74 Å². The predicted octanol–water partition coefficient (Wildman–Crippen LogP) is 2.01. The molecule has 0 radical (unpaired) electrons. The molecule has 2 aromatic rings. The molecule has 3 rings (SSSR count). The van der Waals surface area contributed by atoms with Crippen molar-refractivity contribution in [1.82, 2.24) is 20.1 Å². The van der Waals surface area contributed by atoms with E-state index in [-0.39, 0.29) is 11.9 Å². The number of hydrogen-bond acceptors (Lipinski definition) is 7. The van der Waals surface area contributed by atoms with E-state index in [1.54, 1.807) is 11.0 Å². The Morgan fingerprint density at radius 3 is 2.91 bits per heavy atom. The Kier molecular flexibility index (Phi) is 4.33.